The third-order valence-corrected chi connectivity index (χ3v) is 4.44. The molecule has 0 atom stereocenters. The van der Waals surface area contributed by atoms with Crippen molar-refractivity contribution in [2.24, 2.45) is 4.99 Å². The maximum absolute atomic E-state index is 10.2. The number of thioether (sulfide) groups is 1. The second-order valence-electron chi connectivity index (χ2n) is 4.67. The van der Waals surface area contributed by atoms with Gasteiger partial charge in [-0.05, 0) is 29.7 Å². The zero-order valence-electron chi connectivity index (χ0n) is 10.6. The van der Waals surface area contributed by atoms with Gasteiger partial charge in [0.25, 0.3) is 0 Å². The molecule has 0 spiro atoms. The Balaban J connectivity index is 1.97. The summed E-state index contributed by atoms with van der Waals surface area (Å²) in [5.74, 6) is 0.296. The molecule has 0 amide bonds. The van der Waals surface area contributed by atoms with Crippen molar-refractivity contribution in [1.29, 1.82) is 0 Å². The summed E-state index contributed by atoms with van der Waals surface area (Å²) in [6, 6.07) is 19.7. The molecule has 3 heteroatoms. The molecule has 2 nitrogen and oxygen atoms in total. The largest absolute Gasteiger partial charge is 0.507 e. The normalized spacial score (nSPS) is 15.1. The lowest BCUT2D eigenvalue weighted by Gasteiger charge is -2.03. The van der Waals surface area contributed by atoms with Gasteiger partial charge < -0.3 is 5.11 Å². The average Bonchev–Trinajstić information content (AvgIpc) is 2.84. The minimum atomic E-state index is 0.296. The zero-order valence-corrected chi connectivity index (χ0v) is 11.4. The minimum absolute atomic E-state index is 0.296. The van der Waals surface area contributed by atoms with Crippen molar-refractivity contribution in [3.63, 3.8) is 0 Å². The second-order valence-corrected chi connectivity index (χ2v) is 5.70. The number of para-hydroxylation sites is 1. The maximum Gasteiger partial charge on any atom is 0.126 e. The molecule has 1 aliphatic rings. The molecule has 20 heavy (non-hydrogen) atoms. The molecule has 3 aromatic rings. The summed E-state index contributed by atoms with van der Waals surface area (Å²) in [6.07, 6.45) is 0. The number of aromatic hydroxyl groups is 1. The molecule has 0 unspecified atom stereocenters. The second kappa shape index (κ2) is 4.39. The van der Waals surface area contributed by atoms with Crippen molar-refractivity contribution >= 4 is 33.3 Å². The van der Waals surface area contributed by atoms with Gasteiger partial charge in [-0.15, -0.1) is 0 Å². The van der Waals surface area contributed by atoms with Gasteiger partial charge >= 0.3 is 0 Å². The van der Waals surface area contributed by atoms with E-state index in [0.29, 0.717) is 5.75 Å². The summed E-state index contributed by atoms with van der Waals surface area (Å²) in [5.41, 5.74) is 1.76. The summed E-state index contributed by atoms with van der Waals surface area (Å²) in [7, 11) is 0. The number of aliphatic imine (C=N–C) groups is 1. The van der Waals surface area contributed by atoms with E-state index >= 15 is 0 Å². The first-order chi connectivity index (χ1) is 9.83. The maximum atomic E-state index is 10.2. The summed E-state index contributed by atoms with van der Waals surface area (Å²) in [4.78, 5) is 5.83. The Morgan fingerprint density at radius 2 is 1.70 bits per heavy atom. The molecule has 0 aromatic heterocycles. The van der Waals surface area contributed by atoms with Crippen LogP contribution in [-0.2, 0) is 0 Å². The van der Waals surface area contributed by atoms with Crippen LogP contribution in [0.4, 0.5) is 5.69 Å². The monoisotopic (exact) mass is 277 g/mol. The molecule has 1 heterocycles. The van der Waals surface area contributed by atoms with E-state index in [9.17, 15) is 5.11 Å². The molecule has 0 saturated heterocycles. The highest BCUT2D eigenvalue weighted by molar-refractivity contribution is 8.15. The number of hydrogen-bond donors (Lipinski definition) is 1. The smallest absolute Gasteiger partial charge is 0.126 e. The Labute approximate surface area is 120 Å². The quantitative estimate of drug-likeness (QED) is 0.697. The molecular formula is C17H11NOS. The van der Waals surface area contributed by atoms with Gasteiger partial charge in [0.15, 0.2) is 0 Å². The molecule has 3 aromatic carbocycles. The molecule has 0 bridgehead atoms. The summed E-state index contributed by atoms with van der Waals surface area (Å²) < 4.78 is 0. The third kappa shape index (κ3) is 1.71. The van der Waals surface area contributed by atoms with Crippen molar-refractivity contribution in [2.75, 3.05) is 0 Å². The van der Waals surface area contributed by atoms with E-state index in [4.69, 9.17) is 0 Å². The van der Waals surface area contributed by atoms with Crippen LogP contribution >= 0.6 is 11.8 Å². The lowest BCUT2D eigenvalue weighted by Crippen LogP contribution is -1.90. The van der Waals surface area contributed by atoms with Gasteiger partial charge in [0.1, 0.15) is 10.8 Å². The van der Waals surface area contributed by atoms with Crippen LogP contribution in [0.15, 0.2) is 70.6 Å². The molecule has 1 N–H and O–H groups in total. The van der Waals surface area contributed by atoms with Gasteiger partial charge in [0.2, 0.25) is 0 Å². The Hall–Kier alpha value is -2.26. The molecular weight excluding hydrogens is 266 g/mol. The number of hydrogen-bond acceptors (Lipinski definition) is 3. The van der Waals surface area contributed by atoms with Crippen LogP contribution in [0.5, 0.6) is 5.75 Å². The molecule has 0 aliphatic carbocycles. The van der Waals surface area contributed by atoms with E-state index in [1.807, 2.05) is 42.5 Å². The molecule has 0 radical (unpaired) electrons. The van der Waals surface area contributed by atoms with E-state index in [-0.39, 0.29) is 0 Å². The van der Waals surface area contributed by atoms with Crippen LogP contribution in [0.1, 0.15) is 5.56 Å². The van der Waals surface area contributed by atoms with Gasteiger partial charge in [-0.2, -0.15) is 0 Å². The van der Waals surface area contributed by atoms with E-state index in [1.54, 1.807) is 17.8 Å². The molecule has 0 fully saturated rings. The first kappa shape index (κ1) is 11.6. The van der Waals surface area contributed by atoms with Gasteiger partial charge in [-0.3, -0.25) is 0 Å². The number of nitrogens with zero attached hydrogens (tertiary/aromatic N) is 1. The fourth-order valence-electron chi connectivity index (χ4n) is 2.49. The van der Waals surface area contributed by atoms with Crippen LogP contribution in [0, 0.1) is 0 Å². The Bertz CT molecular complexity index is 840. The topological polar surface area (TPSA) is 32.6 Å². The standard InChI is InChI=1S/C17H11NOS/c19-13-10-9-11-5-4-8-14-15(11)16(13)17(20-14)18-12-6-2-1-3-7-12/h1-10,19H. The van der Waals surface area contributed by atoms with Crippen molar-refractivity contribution in [3.05, 3.63) is 66.2 Å². The van der Waals surface area contributed by atoms with Crippen LogP contribution in [0.2, 0.25) is 0 Å². The van der Waals surface area contributed by atoms with Crippen molar-refractivity contribution in [2.45, 2.75) is 4.90 Å². The number of benzene rings is 3. The van der Waals surface area contributed by atoms with Gasteiger partial charge in [-0.1, -0.05) is 48.2 Å². The predicted molar refractivity (Wildman–Crippen MR) is 84.1 cm³/mol. The van der Waals surface area contributed by atoms with Crippen LogP contribution in [0.25, 0.3) is 10.8 Å². The zero-order chi connectivity index (χ0) is 13.5. The highest BCUT2D eigenvalue weighted by Gasteiger charge is 2.24. The van der Waals surface area contributed by atoms with Crippen molar-refractivity contribution < 1.29 is 5.11 Å². The predicted octanol–water partition coefficient (Wildman–Crippen LogP) is 4.73. The van der Waals surface area contributed by atoms with Crippen LogP contribution < -0.4 is 0 Å². The first-order valence-electron chi connectivity index (χ1n) is 6.39. The fourth-order valence-corrected chi connectivity index (χ4v) is 3.63. The molecule has 1 aliphatic heterocycles. The van der Waals surface area contributed by atoms with Gasteiger partial charge in [0, 0.05) is 10.3 Å². The van der Waals surface area contributed by atoms with E-state index < -0.39 is 0 Å². The Morgan fingerprint density at radius 1 is 0.850 bits per heavy atom. The van der Waals surface area contributed by atoms with E-state index in [0.717, 1.165) is 32.0 Å². The number of phenolic OH excluding ortho intramolecular Hbond substituents is 1. The lowest BCUT2D eigenvalue weighted by atomic mass is 10.0. The fraction of sp³-hybridized carbons (Fsp3) is 0. The summed E-state index contributed by atoms with van der Waals surface area (Å²) in [6.45, 7) is 0. The van der Waals surface area contributed by atoms with Crippen molar-refractivity contribution in [1.82, 2.24) is 0 Å². The summed E-state index contributed by atoms with van der Waals surface area (Å²) >= 11 is 1.61. The number of phenols is 1. The van der Waals surface area contributed by atoms with Gasteiger partial charge in [0.05, 0.1) is 11.3 Å². The third-order valence-electron chi connectivity index (χ3n) is 3.39. The average molecular weight is 277 g/mol. The minimum Gasteiger partial charge on any atom is -0.507 e. The molecule has 4 rings (SSSR count). The van der Waals surface area contributed by atoms with Crippen LogP contribution in [0.3, 0.4) is 0 Å². The SMILES string of the molecule is Oc1ccc2cccc3c2c1C(=Nc1ccccc1)S3. The molecule has 0 saturated carbocycles. The highest BCUT2D eigenvalue weighted by Crippen LogP contribution is 2.45. The Morgan fingerprint density at radius 3 is 2.55 bits per heavy atom. The van der Waals surface area contributed by atoms with E-state index in [2.05, 4.69) is 17.1 Å². The Kier molecular flexibility index (Phi) is 2.54. The number of rotatable bonds is 1. The van der Waals surface area contributed by atoms with Gasteiger partial charge in [-0.25, -0.2) is 4.99 Å². The van der Waals surface area contributed by atoms with Crippen molar-refractivity contribution in [3.8, 4) is 5.75 Å². The first-order valence-corrected chi connectivity index (χ1v) is 7.21. The lowest BCUT2D eigenvalue weighted by molar-refractivity contribution is 0.475. The molecule has 96 valence electrons. The highest BCUT2D eigenvalue weighted by atomic mass is 32.2. The van der Waals surface area contributed by atoms with E-state index in [1.165, 1.54) is 0 Å². The van der Waals surface area contributed by atoms with Crippen LogP contribution in [-0.4, -0.2) is 10.2 Å². The summed E-state index contributed by atoms with van der Waals surface area (Å²) in [5, 5.41) is 13.3.